The number of aliphatic carboxylic acids is 1. The SMILES string of the molecule is CCC1(C)NC(=O)N(CC(=O)N(C)C(C)(C)C(=O)O)C1=O. The lowest BCUT2D eigenvalue weighted by molar-refractivity contribution is -0.155. The second-order valence-corrected chi connectivity index (χ2v) is 5.82. The van der Waals surface area contributed by atoms with Gasteiger partial charge in [0.05, 0.1) is 0 Å². The van der Waals surface area contributed by atoms with Gasteiger partial charge in [-0.15, -0.1) is 0 Å². The number of carboxylic acids is 1. The molecular weight excluding hydrogens is 278 g/mol. The maximum Gasteiger partial charge on any atom is 0.329 e. The lowest BCUT2D eigenvalue weighted by Gasteiger charge is -2.32. The predicted molar refractivity (Wildman–Crippen MR) is 73.4 cm³/mol. The van der Waals surface area contributed by atoms with Crippen LogP contribution in [0.25, 0.3) is 0 Å². The van der Waals surface area contributed by atoms with Gasteiger partial charge in [-0.1, -0.05) is 6.92 Å². The summed E-state index contributed by atoms with van der Waals surface area (Å²) in [6, 6.07) is -0.640. The molecule has 0 aromatic heterocycles. The highest BCUT2D eigenvalue weighted by molar-refractivity contribution is 6.08. The van der Waals surface area contributed by atoms with E-state index in [4.69, 9.17) is 5.11 Å². The number of amides is 4. The molecule has 1 heterocycles. The minimum Gasteiger partial charge on any atom is -0.480 e. The fraction of sp³-hybridized carbons (Fsp3) is 0.692. The van der Waals surface area contributed by atoms with Crippen molar-refractivity contribution in [1.29, 1.82) is 0 Å². The number of nitrogens with one attached hydrogen (secondary N) is 1. The van der Waals surface area contributed by atoms with Crippen LogP contribution in [0.1, 0.15) is 34.1 Å². The van der Waals surface area contributed by atoms with E-state index < -0.39 is 41.4 Å². The molecule has 0 aliphatic carbocycles. The number of urea groups is 1. The second kappa shape index (κ2) is 5.34. The zero-order valence-electron chi connectivity index (χ0n) is 12.9. The minimum absolute atomic E-state index is 0.402. The van der Waals surface area contributed by atoms with Crippen molar-refractivity contribution in [3.05, 3.63) is 0 Å². The number of carboxylic acid groups (broad SMARTS) is 1. The third-order valence-corrected chi connectivity index (χ3v) is 4.08. The van der Waals surface area contributed by atoms with Gasteiger partial charge in [0.1, 0.15) is 17.6 Å². The van der Waals surface area contributed by atoms with E-state index in [1.807, 2.05) is 0 Å². The molecule has 8 nitrogen and oxygen atoms in total. The Balaban J connectivity index is 2.87. The molecule has 118 valence electrons. The highest BCUT2D eigenvalue weighted by Crippen LogP contribution is 2.21. The Morgan fingerprint density at radius 1 is 1.38 bits per heavy atom. The number of imide groups is 1. The van der Waals surface area contributed by atoms with E-state index in [0.717, 1.165) is 9.80 Å². The Kier molecular flexibility index (Phi) is 4.31. The van der Waals surface area contributed by atoms with E-state index in [1.54, 1.807) is 13.8 Å². The number of carbonyl (C=O) groups excluding carboxylic acids is 3. The molecule has 1 unspecified atom stereocenters. The zero-order valence-corrected chi connectivity index (χ0v) is 12.9. The van der Waals surface area contributed by atoms with Gasteiger partial charge in [0.2, 0.25) is 5.91 Å². The van der Waals surface area contributed by atoms with Crippen molar-refractivity contribution in [3.63, 3.8) is 0 Å². The zero-order chi connectivity index (χ0) is 16.6. The van der Waals surface area contributed by atoms with Crippen LogP contribution in [0.4, 0.5) is 4.79 Å². The molecular formula is C13H21N3O5. The molecule has 0 aromatic carbocycles. The van der Waals surface area contributed by atoms with Crippen molar-refractivity contribution in [2.45, 2.75) is 45.2 Å². The van der Waals surface area contributed by atoms with Crippen LogP contribution in [0.2, 0.25) is 0 Å². The van der Waals surface area contributed by atoms with Crippen LogP contribution in [0.5, 0.6) is 0 Å². The minimum atomic E-state index is -1.43. The van der Waals surface area contributed by atoms with Gasteiger partial charge in [0.15, 0.2) is 0 Å². The monoisotopic (exact) mass is 299 g/mol. The van der Waals surface area contributed by atoms with Crippen LogP contribution < -0.4 is 5.32 Å². The fourth-order valence-corrected chi connectivity index (χ4v) is 1.83. The maximum atomic E-state index is 12.2. The second-order valence-electron chi connectivity index (χ2n) is 5.82. The topological polar surface area (TPSA) is 107 Å². The number of rotatable bonds is 5. The first-order valence-electron chi connectivity index (χ1n) is 6.61. The molecule has 4 amide bonds. The molecule has 1 aliphatic rings. The molecule has 1 saturated heterocycles. The van der Waals surface area contributed by atoms with Crippen LogP contribution in [-0.2, 0) is 14.4 Å². The Morgan fingerprint density at radius 3 is 2.29 bits per heavy atom. The molecule has 1 atom stereocenters. The van der Waals surface area contributed by atoms with Gasteiger partial charge in [-0.2, -0.15) is 0 Å². The van der Waals surface area contributed by atoms with E-state index in [-0.39, 0.29) is 0 Å². The van der Waals surface area contributed by atoms with Crippen LogP contribution in [-0.4, -0.2) is 63.4 Å². The Labute approximate surface area is 123 Å². The lowest BCUT2D eigenvalue weighted by atomic mass is 9.99. The Bertz CT molecular complexity index is 502. The lowest BCUT2D eigenvalue weighted by Crippen LogP contribution is -2.54. The summed E-state index contributed by atoms with van der Waals surface area (Å²) < 4.78 is 0. The number of carbonyl (C=O) groups is 4. The quantitative estimate of drug-likeness (QED) is 0.696. The first-order chi connectivity index (χ1) is 9.47. The third kappa shape index (κ3) is 2.84. The van der Waals surface area contributed by atoms with Crippen LogP contribution in [0.3, 0.4) is 0 Å². The normalized spacial score (nSPS) is 22.2. The molecule has 0 saturated carbocycles. The first kappa shape index (κ1) is 16.9. The van der Waals surface area contributed by atoms with Gasteiger partial charge < -0.3 is 15.3 Å². The van der Waals surface area contributed by atoms with Gasteiger partial charge in [0.25, 0.3) is 5.91 Å². The first-order valence-corrected chi connectivity index (χ1v) is 6.61. The van der Waals surface area contributed by atoms with E-state index in [2.05, 4.69) is 5.32 Å². The summed E-state index contributed by atoms with van der Waals surface area (Å²) in [5, 5.41) is 11.6. The largest absolute Gasteiger partial charge is 0.480 e. The maximum absolute atomic E-state index is 12.2. The molecule has 1 rings (SSSR count). The average Bonchev–Trinajstić information content (AvgIpc) is 2.61. The average molecular weight is 299 g/mol. The van der Waals surface area contributed by atoms with Crippen molar-refractivity contribution in [2.75, 3.05) is 13.6 Å². The summed E-state index contributed by atoms with van der Waals surface area (Å²) in [6.07, 6.45) is 0.402. The number of nitrogens with zero attached hydrogens (tertiary/aromatic N) is 2. The summed E-state index contributed by atoms with van der Waals surface area (Å²) in [4.78, 5) is 49.1. The van der Waals surface area contributed by atoms with Crippen molar-refractivity contribution in [3.8, 4) is 0 Å². The molecule has 1 fully saturated rings. The fourth-order valence-electron chi connectivity index (χ4n) is 1.83. The number of hydrogen-bond acceptors (Lipinski definition) is 4. The molecule has 8 heteroatoms. The molecule has 0 bridgehead atoms. The summed E-state index contributed by atoms with van der Waals surface area (Å²) in [7, 11) is 1.33. The molecule has 0 radical (unpaired) electrons. The van der Waals surface area contributed by atoms with Gasteiger partial charge in [0, 0.05) is 7.05 Å². The van der Waals surface area contributed by atoms with Crippen LogP contribution in [0, 0.1) is 0 Å². The third-order valence-electron chi connectivity index (χ3n) is 4.08. The van der Waals surface area contributed by atoms with E-state index in [0.29, 0.717) is 6.42 Å². The summed E-state index contributed by atoms with van der Waals surface area (Å²) in [6.45, 7) is 5.60. The van der Waals surface area contributed by atoms with Crippen LogP contribution in [0.15, 0.2) is 0 Å². The summed E-state index contributed by atoms with van der Waals surface area (Å²) in [5.74, 6) is -2.27. The summed E-state index contributed by atoms with van der Waals surface area (Å²) >= 11 is 0. The molecule has 0 aromatic rings. The molecule has 0 spiro atoms. The van der Waals surface area contributed by atoms with Gasteiger partial charge in [-0.25, -0.2) is 9.59 Å². The predicted octanol–water partition coefficient (Wildman–Crippen LogP) is 0.0285. The van der Waals surface area contributed by atoms with E-state index >= 15 is 0 Å². The number of likely N-dealkylation sites (N-methyl/N-ethyl adjacent to an activating group) is 1. The Morgan fingerprint density at radius 2 is 1.90 bits per heavy atom. The van der Waals surface area contributed by atoms with Crippen molar-refractivity contribution in [1.82, 2.24) is 15.1 Å². The van der Waals surface area contributed by atoms with Gasteiger partial charge in [-0.3, -0.25) is 14.5 Å². The molecule has 2 N–H and O–H groups in total. The van der Waals surface area contributed by atoms with Gasteiger partial charge in [-0.05, 0) is 27.2 Å². The van der Waals surface area contributed by atoms with Gasteiger partial charge >= 0.3 is 12.0 Å². The van der Waals surface area contributed by atoms with E-state index in [1.165, 1.54) is 20.9 Å². The smallest absolute Gasteiger partial charge is 0.329 e. The van der Waals surface area contributed by atoms with Crippen LogP contribution >= 0.6 is 0 Å². The molecule has 1 aliphatic heterocycles. The highest BCUT2D eigenvalue weighted by atomic mass is 16.4. The highest BCUT2D eigenvalue weighted by Gasteiger charge is 2.48. The van der Waals surface area contributed by atoms with Crippen molar-refractivity contribution >= 4 is 23.8 Å². The van der Waals surface area contributed by atoms with Crippen molar-refractivity contribution < 1.29 is 24.3 Å². The van der Waals surface area contributed by atoms with E-state index in [9.17, 15) is 19.2 Å². The Hall–Kier alpha value is -2.12. The molecule has 21 heavy (non-hydrogen) atoms. The standard InChI is InChI=1S/C13H21N3O5/c1-6-13(4)9(18)16(11(21)14-13)7-8(17)15(5)12(2,3)10(19)20/h6-7H2,1-5H3,(H,14,21)(H,19,20). The summed E-state index contributed by atoms with van der Waals surface area (Å²) in [5.41, 5.74) is -2.44. The van der Waals surface area contributed by atoms with Crippen molar-refractivity contribution in [2.24, 2.45) is 0 Å². The number of hydrogen-bond donors (Lipinski definition) is 2.